The van der Waals surface area contributed by atoms with E-state index >= 15 is 8.78 Å². The van der Waals surface area contributed by atoms with E-state index in [9.17, 15) is 9.59 Å². The highest BCUT2D eigenvalue weighted by molar-refractivity contribution is 6.01. The van der Waals surface area contributed by atoms with Crippen LogP contribution >= 0.6 is 0 Å². The van der Waals surface area contributed by atoms with Crippen molar-refractivity contribution in [3.63, 3.8) is 0 Å². The third-order valence-corrected chi connectivity index (χ3v) is 7.95. The molecule has 2 heterocycles. The lowest BCUT2D eigenvalue weighted by Crippen LogP contribution is -2.50. The molecule has 0 spiro atoms. The largest absolute Gasteiger partial charge is 0.490 e. The maximum absolute atomic E-state index is 16.6. The number of nitrogens with zero attached hydrogens (tertiary/aromatic N) is 3. The summed E-state index contributed by atoms with van der Waals surface area (Å²) in [6.45, 7) is 12.0. The maximum Gasteiger partial charge on any atom is 0.408 e. The second-order valence-electron chi connectivity index (χ2n) is 14.2. The van der Waals surface area contributed by atoms with Crippen LogP contribution in [0.15, 0.2) is 40.8 Å². The van der Waals surface area contributed by atoms with Gasteiger partial charge in [-0.05, 0) is 83.2 Å². The Morgan fingerprint density at radius 3 is 2.36 bits per heavy atom. The van der Waals surface area contributed by atoms with E-state index in [0.29, 0.717) is 5.89 Å². The molecule has 1 aromatic heterocycles. The van der Waals surface area contributed by atoms with Gasteiger partial charge in [0.25, 0.3) is 5.89 Å². The average molecular weight is 625 g/mol. The van der Waals surface area contributed by atoms with E-state index in [1.54, 1.807) is 20.8 Å². The maximum atomic E-state index is 16.6. The van der Waals surface area contributed by atoms with Crippen LogP contribution < -0.4 is 15.0 Å². The summed E-state index contributed by atoms with van der Waals surface area (Å²) in [5, 5.41) is 10.7. The molecule has 0 saturated heterocycles. The second-order valence-corrected chi connectivity index (χ2v) is 14.2. The summed E-state index contributed by atoms with van der Waals surface area (Å²) >= 11 is 0. The van der Waals surface area contributed by atoms with Gasteiger partial charge in [0.15, 0.2) is 0 Å². The molecule has 1 unspecified atom stereocenters. The Kier molecular flexibility index (Phi) is 8.67. The van der Waals surface area contributed by atoms with Crippen LogP contribution in [0.2, 0.25) is 0 Å². The number of carbonyl (C=O) groups excluding carboxylic acids is 2. The lowest BCUT2D eigenvalue weighted by molar-refractivity contribution is -0.121. The van der Waals surface area contributed by atoms with Crippen LogP contribution in [-0.4, -0.2) is 39.9 Å². The average Bonchev–Trinajstić information content (AvgIpc) is 3.62. The van der Waals surface area contributed by atoms with E-state index in [1.165, 1.54) is 17.9 Å². The van der Waals surface area contributed by atoms with Crippen LogP contribution in [0.1, 0.15) is 97.6 Å². The van der Waals surface area contributed by atoms with E-state index in [-0.39, 0.29) is 35.4 Å². The molecule has 1 N–H and O–H groups in total. The van der Waals surface area contributed by atoms with Crippen molar-refractivity contribution in [1.82, 2.24) is 15.5 Å². The topological polar surface area (TPSA) is 107 Å². The molecule has 2 amide bonds. The van der Waals surface area contributed by atoms with Crippen molar-refractivity contribution in [2.45, 2.75) is 116 Å². The highest BCUT2D eigenvalue weighted by atomic mass is 19.1. The number of hydrogen-bond acceptors (Lipinski definition) is 7. The molecule has 0 bridgehead atoms. The van der Waals surface area contributed by atoms with Crippen molar-refractivity contribution in [2.75, 3.05) is 4.90 Å². The minimum atomic E-state index is -2.21. The van der Waals surface area contributed by atoms with Crippen molar-refractivity contribution >= 4 is 17.7 Å². The predicted octanol–water partition coefficient (Wildman–Crippen LogP) is 7.51. The first-order valence-electron chi connectivity index (χ1n) is 15.4. The monoisotopic (exact) mass is 624 g/mol. The summed E-state index contributed by atoms with van der Waals surface area (Å²) in [7, 11) is 0. The number of amides is 2. The zero-order valence-electron chi connectivity index (χ0n) is 27.0. The SMILES string of the molecule is CC(C)(C)OC(=O)N[C@H]1CC(C)(F)c2cc(F)c(-c3nnc(C(C)(C)C)o3)cc2N(Cc2ccc(OC3CCCC3)cc2)C1=O. The molecule has 2 atom stereocenters. The Hall–Kier alpha value is -4.02. The van der Waals surface area contributed by atoms with Gasteiger partial charge in [0, 0.05) is 17.4 Å². The van der Waals surface area contributed by atoms with Crippen LogP contribution in [0.4, 0.5) is 19.3 Å². The van der Waals surface area contributed by atoms with Crippen molar-refractivity contribution in [3.05, 3.63) is 59.2 Å². The number of fused-ring (bicyclic) bond motifs is 1. The summed E-state index contributed by atoms with van der Waals surface area (Å²) in [5.41, 5.74) is -2.77. The van der Waals surface area contributed by atoms with Gasteiger partial charge in [-0.2, -0.15) is 0 Å². The van der Waals surface area contributed by atoms with Gasteiger partial charge in [0.2, 0.25) is 11.8 Å². The number of carbonyl (C=O) groups is 2. The number of nitrogens with one attached hydrogen (secondary N) is 1. The summed E-state index contributed by atoms with van der Waals surface area (Å²) in [6.07, 6.45) is 3.23. The van der Waals surface area contributed by atoms with Gasteiger partial charge in [0.05, 0.1) is 23.9 Å². The third-order valence-electron chi connectivity index (χ3n) is 7.95. The molecule has 1 fully saturated rings. The normalized spacial score (nSPS) is 21.0. The smallest absolute Gasteiger partial charge is 0.408 e. The van der Waals surface area contributed by atoms with Gasteiger partial charge in [-0.3, -0.25) is 4.79 Å². The number of alkyl halides is 1. The summed E-state index contributed by atoms with van der Waals surface area (Å²) in [5.74, 6) is -0.412. The molecule has 3 aromatic rings. The minimum absolute atomic E-state index is 0.0142. The van der Waals surface area contributed by atoms with Gasteiger partial charge in [0.1, 0.15) is 28.9 Å². The first-order chi connectivity index (χ1) is 21.0. The van der Waals surface area contributed by atoms with E-state index < -0.39 is 47.0 Å². The number of ether oxygens (including phenoxy) is 2. The Labute approximate surface area is 262 Å². The van der Waals surface area contributed by atoms with Gasteiger partial charge < -0.3 is 24.1 Å². The first-order valence-corrected chi connectivity index (χ1v) is 15.4. The molecular formula is C34H42F2N4O5. The number of rotatable bonds is 6. The first kappa shape index (κ1) is 32.4. The molecule has 2 aliphatic rings. The van der Waals surface area contributed by atoms with E-state index in [4.69, 9.17) is 13.9 Å². The quantitative estimate of drug-likeness (QED) is 0.303. The van der Waals surface area contributed by atoms with Gasteiger partial charge in [-0.25, -0.2) is 13.6 Å². The van der Waals surface area contributed by atoms with Crippen molar-refractivity contribution in [2.24, 2.45) is 0 Å². The molecule has 2 aromatic carbocycles. The highest BCUT2D eigenvalue weighted by Crippen LogP contribution is 2.44. The molecule has 0 radical (unpaired) electrons. The van der Waals surface area contributed by atoms with Crippen molar-refractivity contribution in [3.8, 4) is 17.2 Å². The van der Waals surface area contributed by atoms with Crippen molar-refractivity contribution < 1.29 is 32.3 Å². The predicted molar refractivity (Wildman–Crippen MR) is 165 cm³/mol. The molecule has 1 aliphatic heterocycles. The molecule has 242 valence electrons. The molecule has 9 nitrogen and oxygen atoms in total. The van der Waals surface area contributed by atoms with Crippen LogP contribution in [0.3, 0.4) is 0 Å². The molecule has 5 rings (SSSR count). The van der Waals surface area contributed by atoms with Crippen molar-refractivity contribution in [1.29, 1.82) is 0 Å². The fourth-order valence-electron chi connectivity index (χ4n) is 5.67. The van der Waals surface area contributed by atoms with Crippen LogP contribution in [0.25, 0.3) is 11.5 Å². The van der Waals surface area contributed by atoms with Crippen LogP contribution in [0.5, 0.6) is 5.75 Å². The number of hydrogen-bond donors (Lipinski definition) is 1. The summed E-state index contributed by atoms with van der Waals surface area (Å²) in [4.78, 5) is 28.3. The van der Waals surface area contributed by atoms with Crippen LogP contribution in [-0.2, 0) is 27.2 Å². The van der Waals surface area contributed by atoms with E-state index in [2.05, 4.69) is 15.5 Å². The molecule has 11 heteroatoms. The number of benzene rings is 2. The minimum Gasteiger partial charge on any atom is -0.490 e. The number of anilines is 1. The fraction of sp³-hybridized carbons (Fsp3) is 0.529. The number of alkyl carbamates (subject to hydrolysis) is 1. The lowest BCUT2D eigenvalue weighted by atomic mass is 9.90. The van der Waals surface area contributed by atoms with E-state index in [1.807, 2.05) is 45.0 Å². The Morgan fingerprint density at radius 2 is 1.76 bits per heavy atom. The third kappa shape index (κ3) is 7.45. The summed E-state index contributed by atoms with van der Waals surface area (Å²) in [6, 6.07) is 8.50. The molecule has 45 heavy (non-hydrogen) atoms. The Morgan fingerprint density at radius 1 is 1.09 bits per heavy atom. The zero-order valence-corrected chi connectivity index (χ0v) is 27.0. The lowest BCUT2D eigenvalue weighted by Gasteiger charge is -2.27. The Balaban J connectivity index is 1.55. The van der Waals surface area contributed by atoms with Crippen LogP contribution in [0, 0.1) is 5.82 Å². The number of aromatic nitrogens is 2. The van der Waals surface area contributed by atoms with E-state index in [0.717, 1.165) is 43.1 Å². The Bertz CT molecular complexity index is 1550. The molecular weight excluding hydrogens is 582 g/mol. The fourth-order valence-corrected chi connectivity index (χ4v) is 5.67. The molecule has 1 saturated carbocycles. The standard InChI is InChI=1S/C34H42F2N4O5/c1-32(2,3)30-39-38-28(44-30)23-16-27-24(17-25(23)35)34(7,36)18-26(37-31(42)45-33(4,5)6)29(41)40(27)19-20-12-14-22(15-13-20)43-21-10-8-9-11-21/h12-17,21,26H,8-11,18-19H2,1-7H3,(H,37,42)/t26-,34?/m0/s1. The summed E-state index contributed by atoms with van der Waals surface area (Å²) < 4.78 is 49.5. The van der Waals surface area contributed by atoms with Gasteiger partial charge in [-0.15, -0.1) is 10.2 Å². The highest BCUT2D eigenvalue weighted by Gasteiger charge is 2.44. The second kappa shape index (κ2) is 12.1. The molecule has 1 aliphatic carbocycles. The zero-order chi connectivity index (χ0) is 32.7. The van der Waals surface area contributed by atoms with Gasteiger partial charge in [-0.1, -0.05) is 32.9 Å². The number of halogens is 2. The van der Waals surface area contributed by atoms with Gasteiger partial charge >= 0.3 is 6.09 Å².